The molecule has 0 N–H and O–H groups in total. The molecule has 0 aliphatic carbocycles. The number of methoxy groups -OCH3 is 1. The van der Waals surface area contributed by atoms with E-state index in [0.717, 1.165) is 16.9 Å². The van der Waals surface area contributed by atoms with Crippen molar-refractivity contribution in [3.8, 4) is 5.75 Å². The Hall–Kier alpha value is -3.59. The number of carbonyl (C=O) groups excluding carboxylic acids is 3. The molecule has 9 nitrogen and oxygen atoms in total. The predicted molar refractivity (Wildman–Crippen MR) is 128 cm³/mol. The predicted octanol–water partition coefficient (Wildman–Crippen LogP) is 1.95. The van der Waals surface area contributed by atoms with Gasteiger partial charge in [-0.1, -0.05) is 42.5 Å². The number of carbonyl (C=O) groups is 3. The van der Waals surface area contributed by atoms with E-state index in [-0.39, 0.29) is 44.2 Å². The van der Waals surface area contributed by atoms with Crippen LogP contribution in [0.15, 0.2) is 54.6 Å². The third kappa shape index (κ3) is 6.73. The van der Waals surface area contributed by atoms with Crippen LogP contribution >= 0.6 is 0 Å². The van der Waals surface area contributed by atoms with Gasteiger partial charge in [-0.25, -0.2) is 4.79 Å². The van der Waals surface area contributed by atoms with E-state index in [1.54, 1.807) is 12.0 Å². The fraction of sp³-hybridized carbons (Fsp3) is 0.423. The zero-order valence-corrected chi connectivity index (χ0v) is 19.9. The Bertz CT molecular complexity index is 1030. The number of ether oxygens (including phenoxy) is 3. The van der Waals surface area contributed by atoms with Crippen molar-refractivity contribution >= 4 is 17.9 Å². The maximum Gasteiger partial charge on any atom is 0.410 e. The molecule has 9 heteroatoms. The highest BCUT2D eigenvalue weighted by Crippen LogP contribution is 2.17. The van der Waals surface area contributed by atoms with Crippen molar-refractivity contribution in [2.75, 3.05) is 53.0 Å². The summed E-state index contributed by atoms with van der Waals surface area (Å²) in [6.45, 7) is 1.97. The molecule has 0 saturated carbocycles. The molecule has 4 rings (SSSR count). The van der Waals surface area contributed by atoms with E-state index in [2.05, 4.69) is 0 Å². The van der Waals surface area contributed by atoms with E-state index in [1.807, 2.05) is 54.6 Å². The molecule has 2 aliphatic heterocycles. The van der Waals surface area contributed by atoms with Gasteiger partial charge in [-0.2, -0.15) is 0 Å². The van der Waals surface area contributed by atoms with Crippen molar-refractivity contribution in [1.82, 2.24) is 14.7 Å². The molecule has 2 heterocycles. The molecule has 2 aliphatic rings. The van der Waals surface area contributed by atoms with Gasteiger partial charge in [0.15, 0.2) is 0 Å². The molecule has 0 bridgehead atoms. The standard InChI is InChI=1S/C26H31N3O6/c1-33-22-9-5-8-21(14-22)19-35-23-15-27(11-10-20-6-3-2-4-7-20)24(30)18-29(16-23)25(31)17-28-12-13-34-26(28)32/h2-9,14,23H,10-13,15-19H2,1H3/t23-/m1/s1. The molecule has 0 aromatic heterocycles. The van der Waals surface area contributed by atoms with Crippen LogP contribution in [-0.2, 0) is 32.1 Å². The van der Waals surface area contributed by atoms with Gasteiger partial charge < -0.3 is 24.0 Å². The Balaban J connectivity index is 1.45. The molecule has 2 aromatic carbocycles. The van der Waals surface area contributed by atoms with Crippen molar-refractivity contribution < 1.29 is 28.6 Å². The molecule has 0 radical (unpaired) electrons. The summed E-state index contributed by atoms with van der Waals surface area (Å²) in [4.78, 5) is 42.5. The van der Waals surface area contributed by atoms with Crippen LogP contribution in [0, 0.1) is 0 Å². The average Bonchev–Trinajstić information content (AvgIpc) is 3.20. The monoisotopic (exact) mass is 481 g/mol. The van der Waals surface area contributed by atoms with Gasteiger partial charge >= 0.3 is 6.09 Å². The highest BCUT2D eigenvalue weighted by atomic mass is 16.6. The van der Waals surface area contributed by atoms with Gasteiger partial charge in [0.05, 0.1) is 32.9 Å². The first-order valence-corrected chi connectivity index (χ1v) is 11.8. The maximum absolute atomic E-state index is 13.1. The summed E-state index contributed by atoms with van der Waals surface area (Å²) in [6, 6.07) is 17.6. The third-order valence-corrected chi connectivity index (χ3v) is 6.18. The van der Waals surface area contributed by atoms with Crippen LogP contribution in [0.1, 0.15) is 11.1 Å². The molecule has 2 fully saturated rings. The van der Waals surface area contributed by atoms with E-state index >= 15 is 0 Å². The van der Waals surface area contributed by atoms with Crippen LogP contribution in [-0.4, -0.2) is 91.7 Å². The zero-order chi connectivity index (χ0) is 24.6. The molecule has 3 amide bonds. The Labute approximate surface area is 205 Å². The number of cyclic esters (lactones) is 1. The first kappa shape index (κ1) is 24.5. The van der Waals surface area contributed by atoms with Gasteiger partial charge in [-0.15, -0.1) is 0 Å². The second-order valence-corrected chi connectivity index (χ2v) is 8.67. The summed E-state index contributed by atoms with van der Waals surface area (Å²) in [5.74, 6) is 0.309. The number of rotatable bonds is 9. The Morgan fingerprint density at radius 2 is 1.83 bits per heavy atom. The summed E-state index contributed by atoms with van der Waals surface area (Å²) in [5.41, 5.74) is 2.08. The van der Waals surface area contributed by atoms with Crippen molar-refractivity contribution in [1.29, 1.82) is 0 Å². The minimum absolute atomic E-state index is 0.0461. The van der Waals surface area contributed by atoms with Gasteiger partial charge in [-0.3, -0.25) is 14.5 Å². The highest BCUT2D eigenvalue weighted by molar-refractivity contribution is 5.88. The van der Waals surface area contributed by atoms with E-state index in [1.165, 1.54) is 9.80 Å². The SMILES string of the molecule is COc1cccc(CO[C@@H]2CN(CCc3ccccc3)C(=O)CN(C(=O)CN3CCOC3=O)C2)c1. The summed E-state index contributed by atoms with van der Waals surface area (Å²) >= 11 is 0. The smallest absolute Gasteiger partial charge is 0.410 e. The largest absolute Gasteiger partial charge is 0.497 e. The summed E-state index contributed by atoms with van der Waals surface area (Å²) in [6.07, 6.45) is -0.171. The Kier molecular flexibility index (Phi) is 8.20. The summed E-state index contributed by atoms with van der Waals surface area (Å²) in [7, 11) is 1.61. The quantitative estimate of drug-likeness (QED) is 0.544. The summed E-state index contributed by atoms with van der Waals surface area (Å²) in [5, 5.41) is 0. The fourth-order valence-electron chi connectivity index (χ4n) is 4.21. The lowest BCUT2D eigenvalue weighted by atomic mass is 10.1. The van der Waals surface area contributed by atoms with Crippen molar-refractivity contribution in [3.63, 3.8) is 0 Å². The molecule has 186 valence electrons. The molecule has 2 aromatic rings. The Morgan fingerprint density at radius 3 is 2.57 bits per heavy atom. The maximum atomic E-state index is 13.1. The lowest BCUT2D eigenvalue weighted by Crippen LogP contribution is -2.45. The van der Waals surface area contributed by atoms with Gasteiger partial charge in [0.25, 0.3) is 0 Å². The van der Waals surface area contributed by atoms with Gasteiger partial charge in [0.2, 0.25) is 11.8 Å². The number of hydrogen-bond donors (Lipinski definition) is 0. The minimum Gasteiger partial charge on any atom is -0.497 e. The van der Waals surface area contributed by atoms with Gasteiger partial charge in [-0.05, 0) is 29.7 Å². The molecule has 2 saturated heterocycles. The van der Waals surface area contributed by atoms with Crippen LogP contribution in [0.4, 0.5) is 4.79 Å². The zero-order valence-electron chi connectivity index (χ0n) is 19.9. The van der Waals surface area contributed by atoms with E-state index in [0.29, 0.717) is 32.7 Å². The van der Waals surface area contributed by atoms with Crippen LogP contribution in [0.3, 0.4) is 0 Å². The number of amides is 3. The third-order valence-electron chi connectivity index (χ3n) is 6.18. The first-order valence-electron chi connectivity index (χ1n) is 11.8. The molecule has 0 spiro atoms. The van der Waals surface area contributed by atoms with Crippen LogP contribution in [0.2, 0.25) is 0 Å². The number of hydrogen-bond acceptors (Lipinski definition) is 6. The Morgan fingerprint density at radius 1 is 1.03 bits per heavy atom. The van der Waals surface area contributed by atoms with Gasteiger partial charge in [0.1, 0.15) is 18.9 Å². The molecular formula is C26H31N3O6. The first-order chi connectivity index (χ1) is 17.0. The molecular weight excluding hydrogens is 450 g/mol. The number of benzene rings is 2. The van der Waals surface area contributed by atoms with Crippen LogP contribution in [0.25, 0.3) is 0 Å². The molecule has 1 atom stereocenters. The second kappa shape index (κ2) is 11.7. The fourth-order valence-corrected chi connectivity index (χ4v) is 4.21. The lowest BCUT2D eigenvalue weighted by molar-refractivity contribution is -0.139. The van der Waals surface area contributed by atoms with E-state index in [4.69, 9.17) is 14.2 Å². The lowest BCUT2D eigenvalue weighted by Gasteiger charge is -2.25. The second-order valence-electron chi connectivity index (χ2n) is 8.67. The van der Waals surface area contributed by atoms with Gasteiger partial charge in [0, 0.05) is 19.6 Å². The van der Waals surface area contributed by atoms with Crippen LogP contribution < -0.4 is 4.74 Å². The number of nitrogens with zero attached hydrogens (tertiary/aromatic N) is 3. The van der Waals surface area contributed by atoms with Crippen molar-refractivity contribution in [2.24, 2.45) is 0 Å². The van der Waals surface area contributed by atoms with E-state index < -0.39 is 6.09 Å². The van der Waals surface area contributed by atoms with Crippen molar-refractivity contribution in [3.05, 3.63) is 65.7 Å². The van der Waals surface area contributed by atoms with E-state index in [9.17, 15) is 14.4 Å². The minimum atomic E-state index is -0.505. The summed E-state index contributed by atoms with van der Waals surface area (Å²) < 4.78 is 16.4. The molecule has 0 unspecified atom stereocenters. The highest BCUT2D eigenvalue weighted by Gasteiger charge is 2.33. The topological polar surface area (TPSA) is 88.6 Å². The average molecular weight is 482 g/mol. The van der Waals surface area contributed by atoms with Crippen LogP contribution in [0.5, 0.6) is 5.75 Å². The van der Waals surface area contributed by atoms with Crippen molar-refractivity contribution in [2.45, 2.75) is 19.1 Å². The normalized spacial score (nSPS) is 18.4. The molecule has 35 heavy (non-hydrogen) atoms.